The Bertz CT molecular complexity index is 645. The van der Waals surface area contributed by atoms with Gasteiger partial charge in [0.1, 0.15) is 10.4 Å². The first-order chi connectivity index (χ1) is 8.97. The molecule has 0 aliphatic carbocycles. The minimum Gasteiger partial charge on any atom is -0.507 e. The van der Waals surface area contributed by atoms with Crippen molar-refractivity contribution >= 4 is 43.5 Å². The highest BCUT2D eigenvalue weighted by Crippen LogP contribution is 2.23. The summed E-state index contributed by atoms with van der Waals surface area (Å²) in [6.07, 6.45) is 1.55. The van der Waals surface area contributed by atoms with Crippen LogP contribution in [0, 0.1) is 6.92 Å². The van der Waals surface area contributed by atoms with Crippen LogP contribution in [-0.4, -0.2) is 16.0 Å². The number of nitrogens with zero attached hydrogens (tertiary/aromatic N) is 1. The van der Waals surface area contributed by atoms with Gasteiger partial charge in [-0.2, -0.15) is 0 Å². The van der Waals surface area contributed by atoms with E-state index in [4.69, 9.17) is 0 Å². The van der Waals surface area contributed by atoms with E-state index in [0.717, 1.165) is 14.6 Å². The number of hydrogen-bond acceptors (Lipinski definition) is 3. The predicted molar refractivity (Wildman–Crippen MR) is 80.4 cm³/mol. The number of carbonyl (C=O) groups excluding carboxylic acids is 1. The standard InChI is InChI=1S/C13H10Br2N2O2/c1-7-4-9(6-16-12(7)15)17-13(19)10-5-8(14)2-3-11(10)18/h2-6,18H,1H3,(H,17,19). The van der Waals surface area contributed by atoms with Gasteiger partial charge in [0.15, 0.2) is 0 Å². The monoisotopic (exact) mass is 384 g/mol. The number of anilines is 1. The smallest absolute Gasteiger partial charge is 0.259 e. The van der Waals surface area contributed by atoms with Crippen LogP contribution < -0.4 is 5.32 Å². The third-order valence-corrected chi connectivity index (χ3v) is 3.80. The van der Waals surface area contributed by atoms with Gasteiger partial charge in [0.25, 0.3) is 5.91 Å². The molecule has 0 aliphatic rings. The van der Waals surface area contributed by atoms with Crippen LogP contribution in [0.3, 0.4) is 0 Å². The van der Waals surface area contributed by atoms with E-state index in [1.165, 1.54) is 6.07 Å². The molecule has 4 nitrogen and oxygen atoms in total. The van der Waals surface area contributed by atoms with Crippen LogP contribution in [-0.2, 0) is 0 Å². The minimum atomic E-state index is -0.387. The summed E-state index contributed by atoms with van der Waals surface area (Å²) in [4.78, 5) is 16.1. The molecule has 0 radical (unpaired) electrons. The lowest BCUT2D eigenvalue weighted by molar-refractivity contribution is 0.102. The van der Waals surface area contributed by atoms with Crippen LogP contribution in [0.4, 0.5) is 5.69 Å². The summed E-state index contributed by atoms with van der Waals surface area (Å²) in [5, 5.41) is 12.4. The van der Waals surface area contributed by atoms with Gasteiger partial charge in [-0.15, -0.1) is 0 Å². The molecular weight excluding hydrogens is 376 g/mol. The van der Waals surface area contributed by atoms with Gasteiger partial charge in [-0.25, -0.2) is 4.98 Å². The number of amides is 1. The molecule has 0 saturated heterocycles. The van der Waals surface area contributed by atoms with E-state index in [9.17, 15) is 9.90 Å². The van der Waals surface area contributed by atoms with Crippen LogP contribution in [0.2, 0.25) is 0 Å². The van der Waals surface area contributed by atoms with Gasteiger partial charge in [0, 0.05) is 4.47 Å². The van der Waals surface area contributed by atoms with E-state index in [2.05, 4.69) is 42.2 Å². The van der Waals surface area contributed by atoms with Gasteiger partial charge in [-0.05, 0) is 52.7 Å². The van der Waals surface area contributed by atoms with E-state index in [0.29, 0.717) is 5.69 Å². The molecule has 0 spiro atoms. The van der Waals surface area contributed by atoms with Crippen molar-refractivity contribution in [3.8, 4) is 5.75 Å². The Morgan fingerprint density at radius 3 is 2.74 bits per heavy atom. The van der Waals surface area contributed by atoms with E-state index >= 15 is 0 Å². The van der Waals surface area contributed by atoms with E-state index in [1.54, 1.807) is 24.4 Å². The number of aromatic hydroxyl groups is 1. The van der Waals surface area contributed by atoms with Crippen LogP contribution in [0.5, 0.6) is 5.75 Å². The van der Waals surface area contributed by atoms with Crippen molar-refractivity contribution in [2.75, 3.05) is 5.32 Å². The number of phenolic OH excluding ortho intramolecular Hbond substituents is 1. The number of nitrogens with one attached hydrogen (secondary N) is 1. The molecule has 0 aliphatic heterocycles. The summed E-state index contributed by atoms with van der Waals surface area (Å²) >= 11 is 6.55. The third kappa shape index (κ3) is 3.33. The summed E-state index contributed by atoms with van der Waals surface area (Å²) in [6, 6.07) is 6.48. The fourth-order valence-electron chi connectivity index (χ4n) is 1.52. The van der Waals surface area contributed by atoms with Crippen molar-refractivity contribution in [3.05, 3.63) is 50.7 Å². The lowest BCUT2D eigenvalue weighted by Crippen LogP contribution is -2.12. The SMILES string of the molecule is Cc1cc(NC(=O)c2cc(Br)ccc2O)cnc1Br. The normalized spacial score (nSPS) is 10.3. The molecule has 0 atom stereocenters. The van der Waals surface area contributed by atoms with Gasteiger partial charge in [-0.1, -0.05) is 15.9 Å². The lowest BCUT2D eigenvalue weighted by Gasteiger charge is -2.08. The van der Waals surface area contributed by atoms with Crippen LogP contribution >= 0.6 is 31.9 Å². The van der Waals surface area contributed by atoms with Crippen molar-refractivity contribution in [2.24, 2.45) is 0 Å². The summed E-state index contributed by atoms with van der Waals surface area (Å²) in [6.45, 7) is 1.88. The predicted octanol–water partition coefficient (Wildman–Crippen LogP) is 3.87. The fourth-order valence-corrected chi connectivity index (χ4v) is 2.09. The quantitative estimate of drug-likeness (QED) is 0.771. The highest BCUT2D eigenvalue weighted by Gasteiger charge is 2.12. The lowest BCUT2D eigenvalue weighted by atomic mass is 10.2. The van der Waals surface area contributed by atoms with E-state index in [-0.39, 0.29) is 17.2 Å². The number of aromatic nitrogens is 1. The molecule has 1 amide bonds. The number of hydrogen-bond donors (Lipinski definition) is 2. The minimum absolute atomic E-state index is 0.0671. The highest BCUT2D eigenvalue weighted by atomic mass is 79.9. The molecule has 0 fully saturated rings. The molecule has 0 saturated carbocycles. The maximum Gasteiger partial charge on any atom is 0.259 e. The molecule has 0 bridgehead atoms. The number of benzene rings is 1. The Kier molecular flexibility index (Phi) is 4.21. The van der Waals surface area contributed by atoms with Gasteiger partial charge in [0.05, 0.1) is 17.4 Å². The second-order valence-corrected chi connectivity index (χ2v) is 5.61. The van der Waals surface area contributed by atoms with Gasteiger partial charge in [0.2, 0.25) is 0 Å². The molecule has 2 rings (SSSR count). The second-order valence-electron chi connectivity index (χ2n) is 3.95. The Morgan fingerprint density at radius 2 is 2.05 bits per heavy atom. The zero-order chi connectivity index (χ0) is 14.0. The highest BCUT2D eigenvalue weighted by molar-refractivity contribution is 9.10. The maximum absolute atomic E-state index is 12.1. The Hall–Kier alpha value is -1.40. The third-order valence-electron chi connectivity index (χ3n) is 2.48. The van der Waals surface area contributed by atoms with Crippen LogP contribution in [0.15, 0.2) is 39.5 Å². The topological polar surface area (TPSA) is 62.2 Å². The maximum atomic E-state index is 12.1. The average molecular weight is 386 g/mol. The zero-order valence-electron chi connectivity index (χ0n) is 9.95. The summed E-state index contributed by atoms with van der Waals surface area (Å²) in [7, 11) is 0. The second kappa shape index (κ2) is 5.71. The first-order valence-electron chi connectivity index (χ1n) is 5.39. The van der Waals surface area contributed by atoms with Crippen molar-refractivity contribution in [3.63, 3.8) is 0 Å². The summed E-state index contributed by atoms with van der Waals surface area (Å²) < 4.78 is 1.45. The van der Waals surface area contributed by atoms with Crippen molar-refractivity contribution in [1.29, 1.82) is 0 Å². The molecule has 2 aromatic rings. The number of rotatable bonds is 2. The number of carbonyl (C=O) groups is 1. The zero-order valence-corrected chi connectivity index (χ0v) is 13.1. The van der Waals surface area contributed by atoms with Gasteiger partial charge in [-0.3, -0.25) is 4.79 Å². The molecule has 0 unspecified atom stereocenters. The van der Waals surface area contributed by atoms with Crippen LogP contribution in [0.25, 0.3) is 0 Å². The van der Waals surface area contributed by atoms with E-state index < -0.39 is 0 Å². The van der Waals surface area contributed by atoms with Crippen LogP contribution in [0.1, 0.15) is 15.9 Å². The Balaban J connectivity index is 2.25. The molecule has 1 aromatic heterocycles. The molecule has 6 heteroatoms. The van der Waals surface area contributed by atoms with Gasteiger partial charge >= 0.3 is 0 Å². The van der Waals surface area contributed by atoms with Gasteiger partial charge < -0.3 is 10.4 Å². The molecule has 19 heavy (non-hydrogen) atoms. The summed E-state index contributed by atoms with van der Waals surface area (Å²) in [5.41, 5.74) is 1.69. The first-order valence-corrected chi connectivity index (χ1v) is 6.98. The first kappa shape index (κ1) is 14.0. The van der Waals surface area contributed by atoms with Crippen molar-refractivity contribution in [2.45, 2.75) is 6.92 Å². The molecular formula is C13H10Br2N2O2. The molecule has 1 aromatic carbocycles. The van der Waals surface area contributed by atoms with Crippen molar-refractivity contribution in [1.82, 2.24) is 4.98 Å². The van der Waals surface area contributed by atoms with Crippen molar-refractivity contribution < 1.29 is 9.90 Å². The Morgan fingerprint density at radius 1 is 1.32 bits per heavy atom. The number of phenols is 1. The average Bonchev–Trinajstić information content (AvgIpc) is 2.36. The number of aryl methyl sites for hydroxylation is 1. The number of pyridine rings is 1. The molecule has 1 heterocycles. The fraction of sp³-hybridized carbons (Fsp3) is 0.0769. The molecule has 98 valence electrons. The van der Waals surface area contributed by atoms with E-state index in [1.807, 2.05) is 6.92 Å². The molecule has 2 N–H and O–H groups in total. The largest absolute Gasteiger partial charge is 0.507 e. The number of halogens is 2. The Labute approximate surface area is 127 Å². The summed E-state index contributed by atoms with van der Waals surface area (Å²) in [5.74, 6) is -0.454.